The summed E-state index contributed by atoms with van der Waals surface area (Å²) in [5.74, 6) is 0.292. The molecular formula is C15H22N4OS. The number of nitrogens with one attached hydrogen (secondary N) is 1. The predicted molar refractivity (Wildman–Crippen MR) is 84.7 cm³/mol. The second kappa shape index (κ2) is 5.77. The Kier molecular flexibility index (Phi) is 3.99. The third-order valence-corrected chi connectivity index (χ3v) is 4.92. The highest BCUT2D eigenvalue weighted by Gasteiger charge is 2.21. The van der Waals surface area contributed by atoms with Gasteiger partial charge in [-0.3, -0.25) is 9.20 Å². The van der Waals surface area contributed by atoms with Gasteiger partial charge in [0.1, 0.15) is 0 Å². The van der Waals surface area contributed by atoms with Crippen molar-refractivity contribution in [2.24, 2.45) is 0 Å². The monoisotopic (exact) mass is 306 g/mol. The van der Waals surface area contributed by atoms with Crippen molar-refractivity contribution < 1.29 is 4.79 Å². The van der Waals surface area contributed by atoms with Crippen LogP contribution in [0.2, 0.25) is 0 Å². The SMILES string of the molecule is Cc1cn2c(CNC(C)CN3CCCC3=O)c(C)nc2s1. The summed E-state index contributed by atoms with van der Waals surface area (Å²) >= 11 is 1.72. The van der Waals surface area contributed by atoms with Gasteiger partial charge in [0.25, 0.3) is 0 Å². The van der Waals surface area contributed by atoms with Crippen LogP contribution in [-0.4, -0.2) is 39.3 Å². The van der Waals surface area contributed by atoms with Crippen molar-refractivity contribution in [3.05, 3.63) is 22.5 Å². The van der Waals surface area contributed by atoms with E-state index in [1.54, 1.807) is 11.3 Å². The fraction of sp³-hybridized carbons (Fsp3) is 0.600. The summed E-state index contributed by atoms with van der Waals surface area (Å²) in [6, 6.07) is 0.289. The number of imidazole rings is 1. The largest absolute Gasteiger partial charge is 0.341 e. The average Bonchev–Trinajstić information content (AvgIpc) is 3.04. The van der Waals surface area contributed by atoms with Gasteiger partial charge < -0.3 is 10.2 Å². The fourth-order valence-electron chi connectivity index (χ4n) is 2.89. The molecule has 114 valence electrons. The van der Waals surface area contributed by atoms with E-state index in [1.807, 2.05) is 4.90 Å². The number of carbonyl (C=O) groups is 1. The molecule has 3 heterocycles. The summed E-state index contributed by atoms with van der Waals surface area (Å²) in [7, 11) is 0. The topological polar surface area (TPSA) is 49.6 Å². The molecule has 1 fully saturated rings. The van der Waals surface area contributed by atoms with Gasteiger partial charge in [0.15, 0.2) is 4.96 Å². The molecule has 0 radical (unpaired) electrons. The molecule has 2 aromatic rings. The highest BCUT2D eigenvalue weighted by molar-refractivity contribution is 7.17. The van der Waals surface area contributed by atoms with Crippen molar-refractivity contribution in [2.75, 3.05) is 13.1 Å². The predicted octanol–water partition coefficient (Wildman–Crippen LogP) is 2.11. The van der Waals surface area contributed by atoms with E-state index in [-0.39, 0.29) is 6.04 Å². The van der Waals surface area contributed by atoms with Crippen molar-refractivity contribution >= 4 is 22.2 Å². The number of aryl methyl sites for hydroxylation is 2. The molecule has 1 atom stereocenters. The molecule has 1 saturated heterocycles. The third-order valence-electron chi connectivity index (χ3n) is 4.02. The second-order valence-corrected chi connectivity index (χ2v) is 7.08. The Labute approximate surface area is 129 Å². The molecule has 0 bridgehead atoms. The molecule has 5 nitrogen and oxygen atoms in total. The lowest BCUT2D eigenvalue weighted by molar-refractivity contribution is -0.127. The fourth-order valence-corrected chi connectivity index (χ4v) is 3.78. The highest BCUT2D eigenvalue weighted by Crippen LogP contribution is 2.20. The lowest BCUT2D eigenvalue weighted by atomic mass is 10.2. The van der Waals surface area contributed by atoms with Crippen molar-refractivity contribution in [2.45, 2.75) is 46.2 Å². The number of carbonyl (C=O) groups excluding carboxylic acids is 1. The van der Waals surface area contributed by atoms with Crippen LogP contribution in [0, 0.1) is 13.8 Å². The van der Waals surface area contributed by atoms with E-state index < -0.39 is 0 Å². The Hall–Kier alpha value is -1.40. The molecule has 3 rings (SSSR count). The third kappa shape index (κ3) is 2.96. The van der Waals surface area contributed by atoms with Crippen LogP contribution in [-0.2, 0) is 11.3 Å². The summed E-state index contributed by atoms with van der Waals surface area (Å²) in [5, 5.41) is 3.52. The van der Waals surface area contributed by atoms with E-state index in [1.165, 1.54) is 10.6 Å². The average molecular weight is 306 g/mol. The molecule has 6 heteroatoms. The number of hydrogen-bond donors (Lipinski definition) is 1. The standard InChI is InChI=1S/C15H22N4OS/c1-10(8-18-6-4-5-14(18)20)16-7-13-12(3)17-15-19(13)9-11(2)21-15/h9-10,16H,4-8H2,1-3H3. The van der Waals surface area contributed by atoms with Crippen LogP contribution in [0.25, 0.3) is 4.96 Å². The first kappa shape index (κ1) is 14.5. The maximum atomic E-state index is 11.7. The van der Waals surface area contributed by atoms with Crippen LogP contribution in [0.15, 0.2) is 6.20 Å². The van der Waals surface area contributed by atoms with E-state index in [2.05, 4.69) is 41.7 Å². The molecule has 2 aromatic heterocycles. The Morgan fingerprint density at radius 2 is 2.29 bits per heavy atom. The smallest absolute Gasteiger partial charge is 0.222 e. The lowest BCUT2D eigenvalue weighted by Gasteiger charge is -2.21. The summed E-state index contributed by atoms with van der Waals surface area (Å²) in [6.07, 6.45) is 3.86. The second-order valence-electron chi connectivity index (χ2n) is 5.86. The van der Waals surface area contributed by atoms with Crippen LogP contribution < -0.4 is 5.32 Å². The zero-order valence-corrected chi connectivity index (χ0v) is 13.7. The molecule has 0 saturated carbocycles. The molecule has 1 unspecified atom stereocenters. The minimum Gasteiger partial charge on any atom is -0.341 e. The van der Waals surface area contributed by atoms with Crippen molar-refractivity contribution in [3.63, 3.8) is 0 Å². The van der Waals surface area contributed by atoms with Gasteiger partial charge in [-0.25, -0.2) is 4.98 Å². The molecule has 0 aliphatic carbocycles. The number of rotatable bonds is 5. The first-order chi connectivity index (χ1) is 10.0. The van der Waals surface area contributed by atoms with Gasteiger partial charge in [0, 0.05) is 43.2 Å². The molecule has 0 aromatic carbocycles. The van der Waals surface area contributed by atoms with Crippen LogP contribution in [0.1, 0.15) is 36.0 Å². The van der Waals surface area contributed by atoms with Gasteiger partial charge in [-0.05, 0) is 27.2 Å². The summed E-state index contributed by atoms with van der Waals surface area (Å²) in [4.78, 5) is 20.6. The van der Waals surface area contributed by atoms with E-state index in [4.69, 9.17) is 0 Å². The number of amides is 1. The minimum atomic E-state index is 0.289. The van der Waals surface area contributed by atoms with E-state index in [0.717, 1.165) is 36.7 Å². The zero-order valence-electron chi connectivity index (χ0n) is 12.8. The summed E-state index contributed by atoms with van der Waals surface area (Å²) < 4.78 is 2.18. The van der Waals surface area contributed by atoms with Crippen molar-refractivity contribution in [3.8, 4) is 0 Å². The Balaban J connectivity index is 1.63. The van der Waals surface area contributed by atoms with Crippen molar-refractivity contribution in [1.29, 1.82) is 0 Å². The summed E-state index contributed by atoms with van der Waals surface area (Å²) in [5.41, 5.74) is 2.30. The molecule has 0 spiro atoms. The first-order valence-electron chi connectivity index (χ1n) is 7.49. The van der Waals surface area contributed by atoms with Crippen LogP contribution in [0.3, 0.4) is 0 Å². The quantitative estimate of drug-likeness (QED) is 0.920. The number of likely N-dealkylation sites (tertiary alicyclic amines) is 1. The first-order valence-corrected chi connectivity index (χ1v) is 8.31. The van der Waals surface area contributed by atoms with Crippen LogP contribution in [0.4, 0.5) is 0 Å². The van der Waals surface area contributed by atoms with Gasteiger partial charge >= 0.3 is 0 Å². The molecule has 1 aliphatic rings. The van der Waals surface area contributed by atoms with Crippen LogP contribution in [0.5, 0.6) is 0 Å². The van der Waals surface area contributed by atoms with E-state index in [0.29, 0.717) is 12.3 Å². The molecule has 1 aliphatic heterocycles. The molecule has 1 amide bonds. The normalized spacial score (nSPS) is 17.1. The summed E-state index contributed by atoms with van der Waals surface area (Å²) in [6.45, 7) is 8.78. The number of fused-ring (bicyclic) bond motifs is 1. The zero-order chi connectivity index (χ0) is 15.0. The Morgan fingerprint density at radius 1 is 1.48 bits per heavy atom. The maximum absolute atomic E-state index is 11.7. The molecular weight excluding hydrogens is 284 g/mol. The number of nitrogens with zero attached hydrogens (tertiary/aromatic N) is 3. The van der Waals surface area contributed by atoms with Gasteiger partial charge in [-0.15, -0.1) is 11.3 Å². The van der Waals surface area contributed by atoms with Gasteiger partial charge in [-0.2, -0.15) is 0 Å². The minimum absolute atomic E-state index is 0.289. The van der Waals surface area contributed by atoms with Crippen LogP contribution >= 0.6 is 11.3 Å². The van der Waals surface area contributed by atoms with Gasteiger partial charge in [-0.1, -0.05) is 0 Å². The van der Waals surface area contributed by atoms with Gasteiger partial charge in [0.2, 0.25) is 5.91 Å². The Morgan fingerprint density at radius 3 is 3.00 bits per heavy atom. The number of aromatic nitrogens is 2. The maximum Gasteiger partial charge on any atom is 0.222 e. The Bertz CT molecular complexity index is 660. The number of hydrogen-bond acceptors (Lipinski definition) is 4. The van der Waals surface area contributed by atoms with E-state index in [9.17, 15) is 4.79 Å². The lowest BCUT2D eigenvalue weighted by Crippen LogP contribution is -2.39. The van der Waals surface area contributed by atoms with Gasteiger partial charge in [0.05, 0.1) is 11.4 Å². The highest BCUT2D eigenvalue weighted by atomic mass is 32.1. The van der Waals surface area contributed by atoms with Crippen molar-refractivity contribution in [1.82, 2.24) is 19.6 Å². The molecule has 21 heavy (non-hydrogen) atoms. The molecule has 1 N–H and O–H groups in total. The van der Waals surface area contributed by atoms with E-state index >= 15 is 0 Å². The number of thiazole rings is 1.